The van der Waals surface area contributed by atoms with Gasteiger partial charge in [-0.15, -0.1) is 0 Å². The summed E-state index contributed by atoms with van der Waals surface area (Å²) >= 11 is 0. The Morgan fingerprint density at radius 3 is 2.52 bits per heavy atom. The molecule has 21 heavy (non-hydrogen) atoms. The smallest absolute Gasteiger partial charge is 0.113 e. The van der Waals surface area contributed by atoms with Gasteiger partial charge in [-0.25, -0.2) is 4.98 Å². The summed E-state index contributed by atoms with van der Waals surface area (Å²) in [6.07, 6.45) is 7.85. The van der Waals surface area contributed by atoms with Gasteiger partial charge < -0.3 is 4.57 Å². The molecule has 0 atom stereocenters. The van der Waals surface area contributed by atoms with Gasteiger partial charge in [0.2, 0.25) is 0 Å². The molecule has 0 radical (unpaired) electrons. The first-order valence-corrected chi connectivity index (χ1v) is 8.12. The number of fused-ring (bicyclic) bond motifs is 1. The van der Waals surface area contributed by atoms with Crippen molar-refractivity contribution < 1.29 is 0 Å². The molecule has 0 N–H and O–H groups in total. The quantitative estimate of drug-likeness (QED) is 0.733. The highest BCUT2D eigenvalue weighted by atomic mass is 15.1. The minimum absolute atomic E-state index is 0.404. The van der Waals surface area contributed by atoms with Crippen molar-refractivity contribution in [2.45, 2.75) is 64.3 Å². The summed E-state index contributed by atoms with van der Waals surface area (Å²) in [5.74, 6) is 1.81. The molecule has 3 nitrogen and oxygen atoms in total. The van der Waals surface area contributed by atoms with E-state index in [0.717, 1.165) is 5.52 Å². The topological polar surface area (TPSA) is 41.6 Å². The molecule has 0 unspecified atom stereocenters. The average Bonchev–Trinajstić information content (AvgIpc) is 2.66. The molecule has 1 aromatic heterocycles. The highest BCUT2D eigenvalue weighted by Gasteiger charge is 2.22. The first-order chi connectivity index (χ1) is 10.2. The standard InChI is InChI=1S/C18H23N3/c1-13(2)21-17-10-9-14(12-19)11-16(17)20-18(21)15-7-5-3-4-6-8-15/h9-11,13,15H,3-8H2,1-2H3. The fourth-order valence-corrected chi connectivity index (χ4v) is 3.56. The Morgan fingerprint density at radius 1 is 1.19 bits per heavy atom. The van der Waals surface area contributed by atoms with E-state index in [1.165, 1.54) is 49.9 Å². The van der Waals surface area contributed by atoms with Crippen LogP contribution in [0.15, 0.2) is 18.2 Å². The number of hydrogen-bond donors (Lipinski definition) is 0. The second-order valence-electron chi connectivity index (χ2n) is 6.44. The van der Waals surface area contributed by atoms with E-state index in [4.69, 9.17) is 10.2 Å². The van der Waals surface area contributed by atoms with E-state index >= 15 is 0 Å². The maximum Gasteiger partial charge on any atom is 0.113 e. The van der Waals surface area contributed by atoms with Crippen LogP contribution < -0.4 is 0 Å². The van der Waals surface area contributed by atoms with Crippen molar-refractivity contribution in [1.29, 1.82) is 5.26 Å². The van der Waals surface area contributed by atoms with Crippen LogP contribution in [0.25, 0.3) is 11.0 Å². The molecule has 3 rings (SSSR count). The highest BCUT2D eigenvalue weighted by molar-refractivity contribution is 5.78. The van der Waals surface area contributed by atoms with Gasteiger partial charge in [0.05, 0.1) is 22.7 Å². The number of nitriles is 1. The van der Waals surface area contributed by atoms with Crippen molar-refractivity contribution >= 4 is 11.0 Å². The lowest BCUT2D eigenvalue weighted by atomic mass is 9.99. The molecule has 0 aliphatic heterocycles. The minimum atomic E-state index is 0.404. The predicted octanol–water partition coefficient (Wildman–Crippen LogP) is 4.93. The van der Waals surface area contributed by atoms with Crippen LogP contribution >= 0.6 is 0 Å². The summed E-state index contributed by atoms with van der Waals surface area (Å²) in [6.45, 7) is 4.44. The van der Waals surface area contributed by atoms with Gasteiger partial charge in [0.25, 0.3) is 0 Å². The Hall–Kier alpha value is -1.82. The molecule has 110 valence electrons. The number of aromatic nitrogens is 2. The number of nitrogens with zero attached hydrogens (tertiary/aromatic N) is 3. The molecule has 1 heterocycles. The van der Waals surface area contributed by atoms with Crippen LogP contribution in [0.1, 0.15) is 75.7 Å². The molecule has 0 saturated heterocycles. The van der Waals surface area contributed by atoms with Crippen LogP contribution in [-0.2, 0) is 0 Å². The summed E-state index contributed by atoms with van der Waals surface area (Å²) in [6, 6.07) is 8.51. The van der Waals surface area contributed by atoms with Crippen LogP contribution in [0.5, 0.6) is 0 Å². The van der Waals surface area contributed by atoms with Gasteiger partial charge in [0.1, 0.15) is 5.82 Å². The Kier molecular flexibility index (Phi) is 3.96. The van der Waals surface area contributed by atoms with Crippen molar-refractivity contribution in [1.82, 2.24) is 9.55 Å². The summed E-state index contributed by atoms with van der Waals surface area (Å²) in [5.41, 5.74) is 2.84. The monoisotopic (exact) mass is 281 g/mol. The first-order valence-electron chi connectivity index (χ1n) is 8.12. The van der Waals surface area contributed by atoms with E-state index in [1.807, 2.05) is 12.1 Å². The maximum atomic E-state index is 9.08. The van der Waals surface area contributed by atoms with Crippen molar-refractivity contribution in [3.05, 3.63) is 29.6 Å². The molecule has 1 fully saturated rings. The molecule has 0 amide bonds. The van der Waals surface area contributed by atoms with Gasteiger partial charge in [-0.2, -0.15) is 5.26 Å². The molecule has 0 bridgehead atoms. The van der Waals surface area contributed by atoms with E-state index in [9.17, 15) is 0 Å². The Bertz CT molecular complexity index is 668. The van der Waals surface area contributed by atoms with Crippen LogP contribution in [0.4, 0.5) is 0 Å². The average molecular weight is 281 g/mol. The highest BCUT2D eigenvalue weighted by Crippen LogP contribution is 2.34. The Balaban J connectivity index is 2.11. The van der Waals surface area contributed by atoms with Crippen LogP contribution in [0, 0.1) is 11.3 Å². The molecule has 1 aliphatic rings. The lowest BCUT2D eigenvalue weighted by molar-refractivity contribution is 0.498. The predicted molar refractivity (Wildman–Crippen MR) is 85.3 cm³/mol. The Labute approximate surface area is 126 Å². The fourth-order valence-electron chi connectivity index (χ4n) is 3.56. The van der Waals surface area contributed by atoms with Gasteiger partial charge in [0.15, 0.2) is 0 Å². The van der Waals surface area contributed by atoms with E-state index in [-0.39, 0.29) is 0 Å². The maximum absolute atomic E-state index is 9.08. The minimum Gasteiger partial charge on any atom is -0.325 e. The van der Waals surface area contributed by atoms with E-state index in [0.29, 0.717) is 17.5 Å². The zero-order valence-corrected chi connectivity index (χ0v) is 13.0. The third-order valence-electron chi connectivity index (χ3n) is 4.58. The molecule has 0 spiro atoms. The molecular weight excluding hydrogens is 258 g/mol. The van der Waals surface area contributed by atoms with Gasteiger partial charge >= 0.3 is 0 Å². The van der Waals surface area contributed by atoms with Crippen LogP contribution in [0.3, 0.4) is 0 Å². The van der Waals surface area contributed by atoms with Gasteiger partial charge in [0, 0.05) is 12.0 Å². The summed E-state index contributed by atoms with van der Waals surface area (Å²) < 4.78 is 2.38. The van der Waals surface area contributed by atoms with Crippen molar-refractivity contribution in [2.75, 3.05) is 0 Å². The third kappa shape index (κ3) is 2.68. The third-order valence-corrected chi connectivity index (χ3v) is 4.58. The number of imidazole rings is 1. The van der Waals surface area contributed by atoms with E-state index in [1.54, 1.807) is 0 Å². The largest absolute Gasteiger partial charge is 0.325 e. The number of hydrogen-bond acceptors (Lipinski definition) is 2. The summed E-state index contributed by atoms with van der Waals surface area (Å²) in [7, 11) is 0. The Morgan fingerprint density at radius 2 is 1.90 bits per heavy atom. The van der Waals surface area contributed by atoms with Crippen LogP contribution in [0.2, 0.25) is 0 Å². The van der Waals surface area contributed by atoms with Gasteiger partial charge in [-0.3, -0.25) is 0 Å². The summed E-state index contributed by atoms with van der Waals surface area (Å²) in [5, 5.41) is 9.08. The van der Waals surface area contributed by atoms with Gasteiger partial charge in [-0.05, 0) is 44.9 Å². The van der Waals surface area contributed by atoms with Gasteiger partial charge in [-0.1, -0.05) is 25.7 Å². The molecule has 1 saturated carbocycles. The molecule has 1 aromatic carbocycles. The normalized spacial score (nSPS) is 17.0. The van der Waals surface area contributed by atoms with E-state index in [2.05, 4.69) is 30.6 Å². The number of rotatable bonds is 2. The van der Waals surface area contributed by atoms with Crippen LogP contribution in [-0.4, -0.2) is 9.55 Å². The zero-order valence-electron chi connectivity index (χ0n) is 13.0. The summed E-state index contributed by atoms with van der Waals surface area (Å²) in [4.78, 5) is 4.92. The molecule has 3 heteroatoms. The molecular formula is C18H23N3. The SMILES string of the molecule is CC(C)n1c(C2CCCCCC2)nc2cc(C#N)ccc21. The molecule has 1 aliphatic carbocycles. The number of benzene rings is 1. The molecule has 2 aromatic rings. The lowest BCUT2D eigenvalue weighted by Crippen LogP contribution is -2.11. The second-order valence-corrected chi connectivity index (χ2v) is 6.44. The second kappa shape index (κ2) is 5.89. The van der Waals surface area contributed by atoms with Crippen molar-refractivity contribution in [2.24, 2.45) is 0 Å². The lowest BCUT2D eigenvalue weighted by Gasteiger charge is -2.19. The van der Waals surface area contributed by atoms with E-state index < -0.39 is 0 Å². The zero-order chi connectivity index (χ0) is 14.8. The fraction of sp³-hybridized carbons (Fsp3) is 0.556. The van der Waals surface area contributed by atoms with Crippen molar-refractivity contribution in [3.63, 3.8) is 0 Å². The first kappa shape index (κ1) is 14.1. The van der Waals surface area contributed by atoms with Crippen molar-refractivity contribution in [3.8, 4) is 6.07 Å².